The molecule has 0 aliphatic rings. The SMILES string of the molecule is Cc1cccc(C(O)c2ccc(C(F)(F)F)c(F)c2)c1. The summed E-state index contributed by atoms with van der Waals surface area (Å²) >= 11 is 0. The molecule has 0 bridgehead atoms. The first-order chi connectivity index (χ1) is 9.29. The fraction of sp³-hybridized carbons (Fsp3) is 0.200. The van der Waals surface area contributed by atoms with E-state index in [1.165, 1.54) is 0 Å². The maximum absolute atomic E-state index is 13.5. The van der Waals surface area contributed by atoms with Gasteiger partial charge >= 0.3 is 6.18 Å². The van der Waals surface area contributed by atoms with Crippen LogP contribution in [-0.4, -0.2) is 5.11 Å². The Balaban J connectivity index is 2.37. The number of rotatable bonds is 2. The van der Waals surface area contributed by atoms with Crippen molar-refractivity contribution in [2.75, 3.05) is 0 Å². The molecular formula is C15H12F4O. The summed E-state index contributed by atoms with van der Waals surface area (Å²) in [5, 5.41) is 10.1. The van der Waals surface area contributed by atoms with Gasteiger partial charge in [0.1, 0.15) is 11.9 Å². The molecular weight excluding hydrogens is 272 g/mol. The Labute approximate surface area is 113 Å². The van der Waals surface area contributed by atoms with Crippen LogP contribution in [0.4, 0.5) is 17.6 Å². The van der Waals surface area contributed by atoms with E-state index < -0.39 is 23.7 Å². The molecule has 1 unspecified atom stereocenters. The molecule has 106 valence electrons. The third-order valence-corrected chi connectivity index (χ3v) is 2.97. The molecule has 1 nitrogen and oxygen atoms in total. The van der Waals surface area contributed by atoms with E-state index in [1.54, 1.807) is 18.2 Å². The first-order valence-corrected chi connectivity index (χ1v) is 5.90. The van der Waals surface area contributed by atoms with Gasteiger partial charge in [0.15, 0.2) is 0 Å². The molecule has 0 saturated heterocycles. The summed E-state index contributed by atoms with van der Waals surface area (Å²) in [5.74, 6) is -1.39. The number of benzene rings is 2. The Hall–Kier alpha value is -1.88. The lowest BCUT2D eigenvalue weighted by Gasteiger charge is -2.14. The standard InChI is InChI=1S/C15H12F4O/c1-9-3-2-4-10(7-9)14(20)11-5-6-12(13(16)8-11)15(17,18)19/h2-8,14,20H,1H3. The molecule has 0 aromatic heterocycles. The van der Waals surface area contributed by atoms with Crippen LogP contribution < -0.4 is 0 Å². The van der Waals surface area contributed by atoms with E-state index in [-0.39, 0.29) is 5.56 Å². The van der Waals surface area contributed by atoms with Crippen molar-refractivity contribution in [3.63, 3.8) is 0 Å². The minimum atomic E-state index is -4.74. The van der Waals surface area contributed by atoms with Crippen LogP contribution in [0.25, 0.3) is 0 Å². The first-order valence-electron chi connectivity index (χ1n) is 5.90. The fourth-order valence-electron chi connectivity index (χ4n) is 1.96. The normalized spacial score (nSPS) is 13.3. The van der Waals surface area contributed by atoms with Gasteiger partial charge in [-0.05, 0) is 30.2 Å². The number of halogens is 4. The lowest BCUT2D eigenvalue weighted by atomic mass is 9.98. The third kappa shape index (κ3) is 2.99. The summed E-state index contributed by atoms with van der Waals surface area (Å²) < 4.78 is 50.8. The van der Waals surface area contributed by atoms with Crippen LogP contribution in [0.2, 0.25) is 0 Å². The number of alkyl halides is 3. The van der Waals surface area contributed by atoms with Gasteiger partial charge < -0.3 is 5.11 Å². The molecule has 1 N–H and O–H groups in total. The van der Waals surface area contributed by atoms with Crippen LogP contribution in [0.3, 0.4) is 0 Å². The molecule has 0 heterocycles. The lowest BCUT2D eigenvalue weighted by molar-refractivity contribution is -0.140. The number of hydrogen-bond acceptors (Lipinski definition) is 1. The molecule has 2 aromatic rings. The van der Waals surface area contributed by atoms with Crippen molar-refractivity contribution < 1.29 is 22.7 Å². The van der Waals surface area contributed by atoms with E-state index >= 15 is 0 Å². The molecule has 0 spiro atoms. The third-order valence-electron chi connectivity index (χ3n) is 2.97. The second kappa shape index (κ2) is 5.25. The molecule has 20 heavy (non-hydrogen) atoms. The highest BCUT2D eigenvalue weighted by molar-refractivity contribution is 5.35. The van der Waals surface area contributed by atoms with Crippen molar-refractivity contribution in [1.82, 2.24) is 0 Å². The van der Waals surface area contributed by atoms with E-state index in [1.807, 2.05) is 13.0 Å². The average Bonchev–Trinajstić information content (AvgIpc) is 2.36. The number of aliphatic hydroxyl groups excluding tert-OH is 1. The van der Waals surface area contributed by atoms with Crippen molar-refractivity contribution in [1.29, 1.82) is 0 Å². The van der Waals surface area contributed by atoms with Crippen molar-refractivity contribution >= 4 is 0 Å². The van der Waals surface area contributed by atoms with Crippen LogP contribution in [0.15, 0.2) is 42.5 Å². The van der Waals surface area contributed by atoms with Crippen LogP contribution in [0.1, 0.15) is 28.4 Å². The smallest absolute Gasteiger partial charge is 0.384 e. The zero-order valence-corrected chi connectivity index (χ0v) is 10.6. The predicted molar refractivity (Wildman–Crippen MR) is 66.6 cm³/mol. The first kappa shape index (κ1) is 14.5. The largest absolute Gasteiger partial charge is 0.419 e. The van der Waals surface area contributed by atoms with Crippen molar-refractivity contribution in [2.24, 2.45) is 0 Å². The van der Waals surface area contributed by atoms with Gasteiger partial charge in [0.25, 0.3) is 0 Å². The van der Waals surface area contributed by atoms with Crippen LogP contribution in [0.5, 0.6) is 0 Å². The Kier molecular flexibility index (Phi) is 3.81. The van der Waals surface area contributed by atoms with Crippen LogP contribution >= 0.6 is 0 Å². The van der Waals surface area contributed by atoms with Gasteiger partial charge in [-0.25, -0.2) is 4.39 Å². The molecule has 2 rings (SSSR count). The summed E-state index contributed by atoms with van der Waals surface area (Å²) in [5.41, 5.74) is 0.150. The van der Waals surface area contributed by atoms with Gasteiger partial charge in [-0.1, -0.05) is 35.9 Å². The van der Waals surface area contributed by atoms with Gasteiger partial charge in [0, 0.05) is 0 Å². The summed E-state index contributed by atoms with van der Waals surface area (Å²) in [6.45, 7) is 1.82. The van der Waals surface area contributed by atoms with E-state index in [2.05, 4.69) is 0 Å². The van der Waals surface area contributed by atoms with Gasteiger partial charge in [0.05, 0.1) is 5.56 Å². The van der Waals surface area contributed by atoms with Crippen molar-refractivity contribution in [2.45, 2.75) is 19.2 Å². The molecule has 0 radical (unpaired) electrons. The molecule has 0 aliphatic carbocycles. The number of aryl methyl sites for hydroxylation is 1. The van der Waals surface area contributed by atoms with Crippen molar-refractivity contribution in [3.8, 4) is 0 Å². The summed E-state index contributed by atoms with van der Waals surface area (Å²) in [7, 11) is 0. The second-order valence-corrected chi connectivity index (χ2v) is 4.55. The minimum Gasteiger partial charge on any atom is -0.384 e. The quantitative estimate of drug-likeness (QED) is 0.818. The Morgan fingerprint density at radius 2 is 1.65 bits per heavy atom. The minimum absolute atomic E-state index is 0.0844. The number of hydrogen-bond donors (Lipinski definition) is 1. The van der Waals surface area contributed by atoms with Crippen molar-refractivity contribution in [3.05, 3.63) is 70.5 Å². The molecule has 0 aliphatic heterocycles. The Morgan fingerprint density at radius 3 is 2.20 bits per heavy atom. The Morgan fingerprint density at radius 1 is 1.00 bits per heavy atom. The number of aliphatic hydroxyl groups is 1. The van der Waals surface area contributed by atoms with Crippen LogP contribution in [0, 0.1) is 12.7 Å². The highest BCUT2D eigenvalue weighted by atomic mass is 19.4. The summed E-state index contributed by atoms with van der Waals surface area (Å²) in [4.78, 5) is 0. The van der Waals surface area contributed by atoms with E-state index in [0.717, 1.165) is 17.7 Å². The monoisotopic (exact) mass is 284 g/mol. The molecule has 0 amide bonds. The highest BCUT2D eigenvalue weighted by Crippen LogP contribution is 2.33. The van der Waals surface area contributed by atoms with Gasteiger partial charge in [0.2, 0.25) is 0 Å². The van der Waals surface area contributed by atoms with Gasteiger partial charge in [-0.2, -0.15) is 13.2 Å². The zero-order valence-electron chi connectivity index (χ0n) is 10.6. The molecule has 1 atom stereocenters. The fourth-order valence-corrected chi connectivity index (χ4v) is 1.96. The molecule has 2 aromatic carbocycles. The zero-order chi connectivity index (χ0) is 14.9. The van der Waals surface area contributed by atoms with Crippen LogP contribution in [-0.2, 0) is 6.18 Å². The van der Waals surface area contributed by atoms with E-state index in [0.29, 0.717) is 11.6 Å². The molecule has 5 heteroatoms. The van der Waals surface area contributed by atoms with Gasteiger partial charge in [-0.15, -0.1) is 0 Å². The summed E-state index contributed by atoms with van der Waals surface area (Å²) in [6, 6.07) is 9.31. The average molecular weight is 284 g/mol. The van der Waals surface area contributed by atoms with E-state index in [4.69, 9.17) is 0 Å². The Bertz CT molecular complexity index is 620. The van der Waals surface area contributed by atoms with Gasteiger partial charge in [-0.3, -0.25) is 0 Å². The molecule has 0 saturated carbocycles. The second-order valence-electron chi connectivity index (χ2n) is 4.55. The highest BCUT2D eigenvalue weighted by Gasteiger charge is 2.34. The molecule has 0 fully saturated rings. The topological polar surface area (TPSA) is 20.2 Å². The maximum atomic E-state index is 13.5. The lowest BCUT2D eigenvalue weighted by Crippen LogP contribution is -2.09. The maximum Gasteiger partial charge on any atom is 0.419 e. The predicted octanol–water partition coefficient (Wildman–Crippen LogP) is 4.23. The van der Waals surface area contributed by atoms with E-state index in [9.17, 15) is 22.7 Å². The summed E-state index contributed by atoms with van der Waals surface area (Å²) in [6.07, 6.45) is -5.90.